The van der Waals surface area contributed by atoms with E-state index in [2.05, 4.69) is 10.1 Å². The molecule has 0 radical (unpaired) electrons. The van der Waals surface area contributed by atoms with Crippen molar-refractivity contribution in [1.82, 2.24) is 14.8 Å². The molecule has 2 atom stereocenters. The van der Waals surface area contributed by atoms with E-state index in [0.717, 1.165) is 0 Å². The molecule has 94 valence electrons. The lowest BCUT2D eigenvalue weighted by Crippen LogP contribution is -2.36. The fourth-order valence-corrected chi connectivity index (χ4v) is 1.70. The first kappa shape index (κ1) is 12.0. The fourth-order valence-electron chi connectivity index (χ4n) is 1.70. The van der Waals surface area contributed by atoms with Crippen LogP contribution < -0.4 is 5.73 Å². The number of nitrogens with two attached hydrogens (primary N) is 1. The number of hydrogen-bond donors (Lipinski definition) is 2. The van der Waals surface area contributed by atoms with Crippen LogP contribution in [0, 0.1) is 0 Å². The molecule has 0 aliphatic carbocycles. The summed E-state index contributed by atoms with van der Waals surface area (Å²) in [6.45, 7) is 0.119. The van der Waals surface area contributed by atoms with Crippen LogP contribution in [0.15, 0.2) is 6.33 Å². The number of primary amides is 1. The Morgan fingerprint density at radius 2 is 2.65 bits per heavy atom. The Morgan fingerprint density at radius 1 is 1.88 bits per heavy atom. The summed E-state index contributed by atoms with van der Waals surface area (Å²) in [7, 11) is 1.51. The van der Waals surface area contributed by atoms with E-state index in [4.69, 9.17) is 15.2 Å². The largest absolute Gasteiger partial charge is 0.393 e. The molecule has 17 heavy (non-hydrogen) atoms. The molecular formula is C9H14N4O4. The summed E-state index contributed by atoms with van der Waals surface area (Å²) in [5, 5.41) is 13.1. The monoisotopic (exact) mass is 242 g/mol. The normalized spacial score (nSPS) is 28.5. The first-order valence-electron chi connectivity index (χ1n) is 5.09. The number of hydrogen-bond acceptors (Lipinski definition) is 6. The van der Waals surface area contributed by atoms with Gasteiger partial charge in [0.25, 0.3) is 5.91 Å². The van der Waals surface area contributed by atoms with E-state index in [1.54, 1.807) is 0 Å². The molecule has 1 aromatic heterocycles. The molecule has 0 spiro atoms. The number of rotatable bonds is 4. The van der Waals surface area contributed by atoms with Crippen molar-refractivity contribution >= 4 is 5.91 Å². The Hall–Kier alpha value is -1.51. The number of amides is 1. The number of ether oxygens (including phenoxy) is 2. The first-order chi connectivity index (χ1) is 8.10. The van der Waals surface area contributed by atoms with Crippen molar-refractivity contribution in [2.45, 2.75) is 18.2 Å². The molecule has 3 N–H and O–H groups in total. The van der Waals surface area contributed by atoms with Crippen molar-refractivity contribution in [1.29, 1.82) is 0 Å². The molecule has 0 saturated carbocycles. The van der Waals surface area contributed by atoms with Crippen molar-refractivity contribution in [3.8, 4) is 0 Å². The topological polar surface area (TPSA) is 112 Å². The Labute approximate surface area is 97.3 Å². The molecule has 1 aliphatic rings. The Bertz CT molecular complexity index is 415. The molecule has 0 bridgehead atoms. The van der Waals surface area contributed by atoms with E-state index in [-0.39, 0.29) is 19.0 Å². The van der Waals surface area contributed by atoms with Crippen LogP contribution in [0.5, 0.6) is 0 Å². The molecule has 2 heterocycles. The van der Waals surface area contributed by atoms with Gasteiger partial charge < -0.3 is 20.3 Å². The summed E-state index contributed by atoms with van der Waals surface area (Å²) in [6.07, 6.45) is 1.39. The number of carbonyl (C=O) groups excluding carboxylic acids is 1. The SMILES string of the molecule is CO[C@@]1(CO)CO[C@@H](n2cnc(C(N)=O)n2)C1. The Balaban J connectivity index is 2.12. The van der Waals surface area contributed by atoms with Gasteiger partial charge in [-0.15, -0.1) is 5.10 Å². The van der Waals surface area contributed by atoms with Crippen molar-refractivity contribution in [3.63, 3.8) is 0 Å². The molecule has 1 fully saturated rings. The predicted molar refractivity (Wildman–Crippen MR) is 55.0 cm³/mol. The lowest BCUT2D eigenvalue weighted by atomic mass is 10.0. The molecule has 1 amide bonds. The van der Waals surface area contributed by atoms with E-state index in [9.17, 15) is 9.90 Å². The molecule has 2 rings (SSSR count). The minimum atomic E-state index is -0.719. The highest BCUT2D eigenvalue weighted by Crippen LogP contribution is 2.32. The first-order valence-corrected chi connectivity index (χ1v) is 5.09. The van der Waals surface area contributed by atoms with Gasteiger partial charge in [0.15, 0.2) is 6.23 Å². The van der Waals surface area contributed by atoms with Gasteiger partial charge >= 0.3 is 0 Å². The molecule has 0 unspecified atom stereocenters. The van der Waals surface area contributed by atoms with Gasteiger partial charge in [0, 0.05) is 13.5 Å². The van der Waals surface area contributed by atoms with E-state index < -0.39 is 17.7 Å². The zero-order valence-corrected chi connectivity index (χ0v) is 9.37. The molecule has 1 aliphatic heterocycles. The Morgan fingerprint density at radius 3 is 3.12 bits per heavy atom. The van der Waals surface area contributed by atoms with Crippen LogP contribution in [0.4, 0.5) is 0 Å². The molecule has 8 nitrogen and oxygen atoms in total. The summed E-state index contributed by atoms with van der Waals surface area (Å²) < 4.78 is 12.1. The fraction of sp³-hybridized carbons (Fsp3) is 0.667. The van der Waals surface area contributed by atoms with Gasteiger partial charge in [0.05, 0.1) is 13.2 Å². The maximum absolute atomic E-state index is 10.8. The quantitative estimate of drug-likeness (QED) is 0.676. The number of aromatic nitrogens is 3. The molecule has 1 aromatic rings. The minimum absolute atomic E-state index is 0.0625. The van der Waals surface area contributed by atoms with Gasteiger partial charge in [0.1, 0.15) is 11.9 Å². The third-order valence-corrected chi connectivity index (χ3v) is 2.83. The number of aliphatic hydroxyl groups excluding tert-OH is 1. The van der Waals surface area contributed by atoms with Gasteiger partial charge in [-0.25, -0.2) is 9.67 Å². The number of nitrogens with zero attached hydrogens (tertiary/aromatic N) is 3. The number of methoxy groups -OCH3 is 1. The van der Waals surface area contributed by atoms with E-state index in [0.29, 0.717) is 6.42 Å². The Kier molecular flexibility index (Phi) is 3.09. The number of aliphatic hydroxyl groups is 1. The van der Waals surface area contributed by atoms with E-state index in [1.165, 1.54) is 18.1 Å². The summed E-state index contributed by atoms with van der Waals surface area (Å²) >= 11 is 0. The van der Waals surface area contributed by atoms with Crippen LogP contribution in [0.2, 0.25) is 0 Å². The van der Waals surface area contributed by atoms with Crippen molar-refractivity contribution < 1.29 is 19.4 Å². The van der Waals surface area contributed by atoms with Gasteiger partial charge in [0.2, 0.25) is 5.82 Å². The van der Waals surface area contributed by atoms with E-state index >= 15 is 0 Å². The average Bonchev–Trinajstić information content (AvgIpc) is 2.96. The highest BCUT2D eigenvalue weighted by atomic mass is 16.6. The van der Waals surface area contributed by atoms with Gasteiger partial charge in [-0.1, -0.05) is 0 Å². The summed E-state index contributed by atoms with van der Waals surface area (Å²) in [6, 6.07) is 0. The van der Waals surface area contributed by atoms with Crippen LogP contribution in [0.3, 0.4) is 0 Å². The van der Waals surface area contributed by atoms with Gasteiger partial charge in [-0.2, -0.15) is 0 Å². The maximum atomic E-state index is 10.8. The van der Waals surface area contributed by atoms with Crippen LogP contribution in [0.25, 0.3) is 0 Å². The maximum Gasteiger partial charge on any atom is 0.288 e. The van der Waals surface area contributed by atoms with Crippen LogP contribution in [-0.2, 0) is 9.47 Å². The third kappa shape index (κ3) is 2.14. The second-order valence-corrected chi connectivity index (χ2v) is 3.93. The second-order valence-electron chi connectivity index (χ2n) is 3.93. The van der Waals surface area contributed by atoms with Crippen LogP contribution >= 0.6 is 0 Å². The highest BCUT2D eigenvalue weighted by Gasteiger charge is 2.41. The van der Waals surface area contributed by atoms with Crippen LogP contribution in [-0.4, -0.2) is 51.7 Å². The zero-order valence-electron chi connectivity index (χ0n) is 9.37. The highest BCUT2D eigenvalue weighted by molar-refractivity contribution is 5.88. The number of carbonyl (C=O) groups is 1. The minimum Gasteiger partial charge on any atom is -0.393 e. The molecular weight excluding hydrogens is 228 g/mol. The average molecular weight is 242 g/mol. The standard InChI is InChI=1S/C9H14N4O4/c1-16-9(3-14)2-6(17-4-9)13-5-11-8(12-13)7(10)15/h5-6,14H,2-4H2,1H3,(H2,10,15)/t6-,9+/m1/s1. The van der Waals surface area contributed by atoms with Gasteiger partial charge in [-0.05, 0) is 0 Å². The lowest BCUT2D eigenvalue weighted by molar-refractivity contribution is -0.0558. The van der Waals surface area contributed by atoms with Crippen molar-refractivity contribution in [3.05, 3.63) is 12.2 Å². The second kappa shape index (κ2) is 4.40. The predicted octanol–water partition coefficient (Wildman–Crippen LogP) is -1.33. The summed E-state index contributed by atoms with van der Waals surface area (Å²) in [5.41, 5.74) is 4.33. The molecule has 1 saturated heterocycles. The zero-order chi connectivity index (χ0) is 12.5. The third-order valence-electron chi connectivity index (χ3n) is 2.83. The van der Waals surface area contributed by atoms with Crippen LogP contribution in [0.1, 0.15) is 23.3 Å². The lowest BCUT2D eigenvalue weighted by Gasteiger charge is -2.22. The molecule has 0 aromatic carbocycles. The molecule has 8 heteroatoms. The van der Waals surface area contributed by atoms with Crippen molar-refractivity contribution in [2.24, 2.45) is 5.73 Å². The smallest absolute Gasteiger partial charge is 0.288 e. The summed E-state index contributed by atoms with van der Waals surface area (Å²) in [5.74, 6) is -0.755. The van der Waals surface area contributed by atoms with Gasteiger partial charge in [-0.3, -0.25) is 4.79 Å². The van der Waals surface area contributed by atoms with Crippen molar-refractivity contribution in [2.75, 3.05) is 20.3 Å². The summed E-state index contributed by atoms with van der Waals surface area (Å²) in [4.78, 5) is 14.6. The van der Waals surface area contributed by atoms with E-state index in [1.807, 2.05) is 0 Å².